The van der Waals surface area contributed by atoms with E-state index in [1.54, 1.807) is 168 Å². The summed E-state index contributed by atoms with van der Waals surface area (Å²) in [5.74, 6) is 0. The van der Waals surface area contributed by atoms with Crippen LogP contribution in [-0.4, -0.2) is 117 Å². The van der Waals surface area contributed by atoms with E-state index in [0.29, 0.717) is 89.9 Å². The number of urea groups is 4. The molecule has 11 N–H and O–H groups in total. The number of halogens is 4. The topological polar surface area (TPSA) is 458 Å². The van der Waals surface area contributed by atoms with Gasteiger partial charge in [-0.3, -0.25) is 47.3 Å². The molecule has 20 rings (SSSR count). The fraction of sp³-hybridized carbons (Fsp3) is 0.0515. The molecule has 46 heteroatoms. The quantitative estimate of drug-likeness (QED) is 0.0337. The lowest BCUT2D eigenvalue weighted by Crippen LogP contribution is -2.33. The summed E-state index contributed by atoms with van der Waals surface area (Å²) in [4.78, 5) is 116. The first-order chi connectivity index (χ1) is 68.5. The third-order valence-corrected chi connectivity index (χ3v) is 34.2. The number of amides is 8. The number of rotatable bonds is 20. The van der Waals surface area contributed by atoms with E-state index in [2.05, 4.69) is 57.8 Å². The van der Waals surface area contributed by atoms with E-state index in [0.717, 1.165) is 125 Å². The Labute approximate surface area is 849 Å². The van der Waals surface area contributed by atoms with Crippen LogP contribution in [-0.2, 0) is 53.2 Å². The van der Waals surface area contributed by atoms with E-state index in [1.807, 2.05) is 131 Å². The number of hydrogen-bond donors (Lipinski definition) is 11. The van der Waals surface area contributed by atoms with E-state index in [1.165, 1.54) is 63.2 Å². The van der Waals surface area contributed by atoms with Gasteiger partial charge in [0, 0.05) is 154 Å². The lowest BCUT2D eigenvalue weighted by atomic mass is 10.00. The van der Waals surface area contributed by atoms with E-state index in [9.17, 15) is 72.0 Å². The van der Waals surface area contributed by atoms with Gasteiger partial charge in [-0.05, 0) is 281 Å². The number of thiophene rings is 4. The van der Waals surface area contributed by atoms with Crippen LogP contribution in [0.25, 0.3) is 99.1 Å². The van der Waals surface area contributed by atoms with Gasteiger partial charge < -0.3 is 36.9 Å². The number of carbonyl (C=O) groups excluding carboxylic acids is 4. The number of sulfonamides is 4. The molecule has 0 fully saturated rings. The predicted molar refractivity (Wildman–Crippen MR) is 565 cm³/mol. The summed E-state index contributed by atoms with van der Waals surface area (Å²) in [6.45, 7) is 1.69. The molecule has 0 unspecified atom stereocenters. The van der Waals surface area contributed by atoms with Crippen LogP contribution in [0.15, 0.2) is 340 Å². The minimum atomic E-state index is -4.05. The van der Waals surface area contributed by atoms with Crippen molar-refractivity contribution in [3.63, 3.8) is 0 Å². The van der Waals surface area contributed by atoms with Crippen molar-refractivity contribution >= 4 is 244 Å². The molecule has 1 aliphatic rings. The van der Waals surface area contributed by atoms with E-state index in [4.69, 9.17) is 46.4 Å². The Bertz CT molecular complexity index is 8720. The highest BCUT2D eigenvalue weighted by Gasteiger charge is 2.27. The molecule has 0 radical (unpaired) electrons. The number of benzene rings is 9. The third-order valence-electron chi connectivity index (χ3n) is 22.0. The molecule has 19 aromatic rings. The average Bonchev–Trinajstić information content (AvgIpc) is 1.63. The second-order valence-electron chi connectivity index (χ2n) is 31.4. The van der Waals surface area contributed by atoms with Crippen LogP contribution >= 0.6 is 91.8 Å². The third kappa shape index (κ3) is 22.7. The summed E-state index contributed by atoms with van der Waals surface area (Å²) in [6, 6.07) is 69.4. The molecule has 8 amide bonds. The van der Waals surface area contributed by atoms with E-state index in [-0.39, 0.29) is 39.1 Å². The number of anilines is 6. The van der Waals surface area contributed by atoms with Crippen LogP contribution in [0.2, 0.25) is 17.3 Å². The first-order valence-electron chi connectivity index (χ1n) is 42.3. The summed E-state index contributed by atoms with van der Waals surface area (Å²) >= 11 is 26.5. The molecule has 143 heavy (non-hydrogen) atoms. The molecule has 0 aliphatic carbocycles. The number of H-pyrrole nitrogens is 1. The van der Waals surface area contributed by atoms with E-state index >= 15 is 0 Å². The number of hydrogen-bond acceptors (Lipinski definition) is 25. The summed E-state index contributed by atoms with van der Waals surface area (Å²) < 4.78 is 113. The van der Waals surface area contributed by atoms with Gasteiger partial charge in [-0.1, -0.05) is 76.7 Å². The Morgan fingerprint density at radius 2 is 0.678 bits per heavy atom. The Hall–Kier alpha value is -15.2. The zero-order valence-corrected chi connectivity index (χ0v) is 83.8. The number of pyridine rings is 5. The molecule has 0 spiro atoms. The van der Waals surface area contributed by atoms with Gasteiger partial charge in [0.05, 0.1) is 34.7 Å². The van der Waals surface area contributed by atoms with Gasteiger partial charge in [0.2, 0.25) is 0 Å². The van der Waals surface area contributed by atoms with Crippen LogP contribution in [0.4, 0.5) is 53.3 Å². The number of fused-ring (bicyclic) bond motifs is 6. The molecule has 34 nitrogen and oxygen atoms in total. The maximum absolute atomic E-state index is 13.5. The standard InChI is InChI=1S/C27H21ClN4O4S2.C26H20ClN5O4S2.C23H19ClN4O4S2.C21H14ClN5O4S2/c1-29-19-9-12-21-22(15-19)23(17-5-3-2-4-6-17)16-32(26(21)33)20-10-7-18(8-11-20)30-27(34)31-38(35,36)25-14-13-24(28)37-25;1-28-18-4-7-20-21(14-18)22(16-10-12-29-13-11-16)15-32(25(20)33)19-5-2-17(3-6-19)30-26(34)31-38(35,36)24-9-8-23(27)37-24;1-27-12-15-10-14-8-9-28(22(29)19(14)11-16(15)13-27)18-4-2-17(3-5-18)25-23(30)26-34(31,32)21-7-6-20(24)33-21;22-18-5-6-19(32-18)33(30,31)26-21(29)25-13-1-3-14(4-2-13)27-8-7-12-9-16-17(24-11-23-16)10-15(12)20(27)28/h2-16,29H,1H3,(H2,30,31,34);2-15,28H,1H3,(H2,30,31,34);2-11H,12-13H2,1H3,(H2,25,26,30);1-11H,(H,23,24)(H2,25,26,29). The number of imidazole rings is 1. The van der Waals surface area contributed by atoms with Gasteiger partial charge in [-0.25, -0.2) is 76.7 Å². The minimum absolute atomic E-state index is 0.0593. The first-order valence-corrected chi connectivity index (χ1v) is 53.0. The smallest absolute Gasteiger partial charge is 0.333 e. The lowest BCUT2D eigenvalue weighted by molar-refractivity contribution is 0.255. The second-order valence-corrected chi connectivity index (χ2v) is 45.9. The van der Waals surface area contributed by atoms with Crippen LogP contribution in [0, 0.1) is 0 Å². The summed E-state index contributed by atoms with van der Waals surface area (Å²) in [5.41, 5.74) is 12.3. The number of nitrogens with one attached hydrogen (secondary N) is 11. The monoisotopic (exact) mass is 2140 g/mol. The normalized spacial score (nSPS) is 12.0. The maximum atomic E-state index is 13.5. The van der Waals surface area contributed by atoms with Crippen molar-refractivity contribution in [3.8, 4) is 45.0 Å². The number of nitrogens with zero attached hydrogens (tertiary/aromatic N) is 7. The fourth-order valence-electron chi connectivity index (χ4n) is 15.3. The first kappa shape index (κ1) is 99.4. The molecule has 724 valence electrons. The molecule has 11 heterocycles. The molecular formula is C97H74Cl4N18O16S8. The summed E-state index contributed by atoms with van der Waals surface area (Å²) in [7, 11) is -10.5. The van der Waals surface area contributed by atoms with Gasteiger partial charge in [0.1, 0.15) is 16.8 Å². The molecule has 0 bridgehead atoms. The molecule has 10 aromatic heterocycles. The van der Waals surface area contributed by atoms with Crippen molar-refractivity contribution in [3.05, 3.63) is 374 Å². The molecule has 9 aromatic carbocycles. The highest BCUT2D eigenvalue weighted by molar-refractivity contribution is 7.93. The van der Waals surface area contributed by atoms with Crippen molar-refractivity contribution < 1.29 is 52.8 Å². The Morgan fingerprint density at radius 1 is 0.350 bits per heavy atom. The molecule has 0 saturated carbocycles. The SMILES string of the molecule is CN1Cc2cc3ccn(-c4ccc(NC(=O)NS(=O)(=O)c5ccc(Cl)s5)cc4)c(=O)c3cc2C1.CNc1ccc2c(=O)n(-c3ccc(NC(=O)NS(=O)(=O)c4ccc(Cl)s4)cc3)cc(-c3ccccc3)c2c1.CNc1ccc2c(=O)n(-c3ccc(NC(=O)NS(=O)(=O)c4ccc(Cl)s4)cc3)cc(-c3ccncc3)c2c1.O=C(Nc1ccc(-n2ccc3cc4[nH]cnc4cc3c2=O)cc1)NS(=O)(=O)c1ccc(Cl)s1. The lowest BCUT2D eigenvalue weighted by Gasteiger charge is -2.14. The van der Waals surface area contributed by atoms with Gasteiger partial charge in [-0.2, -0.15) is 0 Å². The van der Waals surface area contributed by atoms with Crippen LogP contribution < -0.4 is 73.0 Å². The summed E-state index contributed by atoms with van der Waals surface area (Å²) in [6.07, 6.45) is 11.9. The highest BCUT2D eigenvalue weighted by Crippen LogP contribution is 2.36. The zero-order valence-electron chi connectivity index (χ0n) is 74.2. The Balaban J connectivity index is 0.000000131. The Kier molecular flexibility index (Phi) is 29.2. The van der Waals surface area contributed by atoms with Crippen molar-refractivity contribution in [1.29, 1.82) is 0 Å². The van der Waals surface area contributed by atoms with E-state index < -0.39 is 64.2 Å². The van der Waals surface area contributed by atoms with Gasteiger partial charge in [-0.15, -0.1) is 45.3 Å². The molecular weight excluding hydrogens is 2070 g/mol. The van der Waals surface area contributed by atoms with Gasteiger partial charge in [0.15, 0.2) is 0 Å². The van der Waals surface area contributed by atoms with Crippen molar-refractivity contribution in [2.75, 3.05) is 53.0 Å². The molecule has 1 aliphatic heterocycles. The zero-order chi connectivity index (χ0) is 101. The van der Waals surface area contributed by atoms with Crippen molar-refractivity contribution in [1.82, 2.24) is 57.0 Å². The number of aromatic nitrogens is 7. The predicted octanol–water partition coefficient (Wildman–Crippen LogP) is 19.5. The number of carbonyl (C=O) groups is 4. The molecule has 0 saturated heterocycles. The van der Waals surface area contributed by atoms with Crippen molar-refractivity contribution in [2.24, 2.45) is 0 Å². The van der Waals surface area contributed by atoms with Crippen LogP contribution in [0.3, 0.4) is 0 Å². The van der Waals surface area contributed by atoms with Crippen molar-refractivity contribution in [2.45, 2.75) is 29.9 Å². The second kappa shape index (κ2) is 41.9. The maximum Gasteiger partial charge on any atom is 0.333 e. The Morgan fingerprint density at radius 3 is 1.03 bits per heavy atom. The molecule has 0 atom stereocenters. The summed E-state index contributed by atoms with van der Waals surface area (Å²) in [5, 5.41) is 21.7. The minimum Gasteiger partial charge on any atom is -0.388 e. The van der Waals surface area contributed by atoms with Crippen LogP contribution in [0.5, 0.6) is 0 Å². The van der Waals surface area contributed by atoms with Crippen LogP contribution in [0.1, 0.15) is 11.1 Å². The van der Waals surface area contributed by atoms with Gasteiger partial charge in [0.25, 0.3) is 62.3 Å². The van der Waals surface area contributed by atoms with Gasteiger partial charge >= 0.3 is 24.1 Å². The average molecular weight is 2150 g/mol. The largest absolute Gasteiger partial charge is 0.388 e. The fourth-order valence-corrected chi connectivity index (χ4v) is 24.8. The highest BCUT2D eigenvalue weighted by atomic mass is 35.5. The number of aromatic amines is 1.